The zero-order chi connectivity index (χ0) is 48.3. The predicted molar refractivity (Wildman–Crippen MR) is 270 cm³/mol. The molecule has 0 atom stereocenters. The maximum Gasteiger partial charge on any atom is 0.111 e. The normalized spacial score (nSPS) is 14.8. The first-order valence-electron chi connectivity index (χ1n) is 23.9. The van der Waals surface area contributed by atoms with Crippen molar-refractivity contribution in [2.24, 2.45) is 0 Å². The molecule has 2 aliphatic rings. The monoisotopic (exact) mass is 889 g/mol. The third-order valence-electron chi connectivity index (χ3n) is 10.5. The van der Waals surface area contributed by atoms with Crippen molar-refractivity contribution in [1.29, 1.82) is 0 Å². The number of pyridine rings is 3. The molecule has 356 valence electrons. The minimum atomic E-state index is -0.296. The molecule has 3 heterocycles. The van der Waals surface area contributed by atoms with E-state index in [1.165, 1.54) is 24.0 Å². The van der Waals surface area contributed by atoms with E-state index in [0.717, 1.165) is 29.9 Å². The Morgan fingerprint density at radius 1 is 0.446 bits per heavy atom. The van der Waals surface area contributed by atoms with Gasteiger partial charge in [0.25, 0.3) is 0 Å². The van der Waals surface area contributed by atoms with Crippen molar-refractivity contribution in [2.75, 3.05) is 0 Å². The van der Waals surface area contributed by atoms with Crippen LogP contribution < -0.4 is 5.32 Å². The van der Waals surface area contributed by atoms with Crippen molar-refractivity contribution in [1.82, 2.24) is 20.3 Å². The summed E-state index contributed by atoms with van der Waals surface area (Å²) in [6, 6.07) is 39.2. The topological polar surface area (TPSA) is 87.6 Å². The molecule has 0 bridgehead atoms. The third-order valence-corrected chi connectivity index (χ3v) is 10.5. The Morgan fingerprint density at radius 2 is 0.862 bits per heavy atom. The number of hydrogen-bond donors (Lipinski definition) is 1. The zero-order valence-electron chi connectivity index (χ0n) is 42.9. The molecule has 8 nitrogen and oxygen atoms in total. The minimum absolute atomic E-state index is 0.0462. The molecule has 8 heteroatoms. The fourth-order valence-electron chi connectivity index (χ4n) is 7.81. The van der Waals surface area contributed by atoms with Crippen molar-refractivity contribution >= 4 is 0 Å². The summed E-state index contributed by atoms with van der Waals surface area (Å²) in [5.41, 5.74) is 5.20. The van der Waals surface area contributed by atoms with Gasteiger partial charge in [0.15, 0.2) is 0 Å². The van der Waals surface area contributed by atoms with Gasteiger partial charge in [-0.1, -0.05) is 92.7 Å². The van der Waals surface area contributed by atoms with Crippen LogP contribution in [0.15, 0.2) is 134 Å². The lowest BCUT2D eigenvalue weighted by molar-refractivity contribution is -0.0627. The van der Waals surface area contributed by atoms with Gasteiger partial charge in [0.2, 0.25) is 0 Å². The van der Waals surface area contributed by atoms with E-state index in [0.29, 0.717) is 12.1 Å². The molecule has 2 aliphatic carbocycles. The second kappa shape index (κ2) is 25.6. The molecular formula is C57H84N4O4. The molecular weight excluding hydrogens is 805 g/mol. The molecule has 0 spiro atoms. The van der Waals surface area contributed by atoms with Gasteiger partial charge in [0, 0.05) is 24.6 Å². The average Bonchev–Trinajstić information content (AvgIpc) is 4.20. The molecule has 7 rings (SSSR count). The third kappa shape index (κ3) is 19.6. The molecule has 1 N–H and O–H groups in total. The van der Waals surface area contributed by atoms with Gasteiger partial charge in [-0.25, -0.2) is 0 Å². The molecule has 0 aliphatic heterocycles. The number of nitrogens with one attached hydrogen (secondary N) is 1. The van der Waals surface area contributed by atoms with Crippen LogP contribution >= 0.6 is 0 Å². The molecule has 0 amide bonds. The molecule has 2 aromatic carbocycles. The fourth-order valence-corrected chi connectivity index (χ4v) is 7.81. The molecule has 0 unspecified atom stereocenters. The zero-order valence-corrected chi connectivity index (χ0v) is 42.9. The van der Waals surface area contributed by atoms with E-state index < -0.39 is 0 Å². The molecule has 3 aromatic heterocycles. The van der Waals surface area contributed by atoms with Crippen LogP contribution in [0.2, 0.25) is 0 Å². The second-order valence-corrected chi connectivity index (χ2v) is 20.0. The van der Waals surface area contributed by atoms with E-state index >= 15 is 0 Å². The van der Waals surface area contributed by atoms with Crippen LogP contribution in [-0.4, -0.2) is 45.4 Å². The highest BCUT2D eigenvalue weighted by atomic mass is 16.5. The van der Waals surface area contributed by atoms with Gasteiger partial charge in [-0.15, -0.1) is 0 Å². The van der Waals surface area contributed by atoms with Gasteiger partial charge in [-0.05, 0) is 170 Å². The van der Waals surface area contributed by atoms with E-state index in [2.05, 4.69) is 158 Å². The maximum atomic E-state index is 5.93. The SMILES string of the molecule is CC(C)NC(C)(C)c1ccccn1.CC(C)OC(C)(C)c1ccccc1.CC(C)OC(C)(C)c1ccccn1.CC(C)OC1(c2ccccc2)CC1.CC(C)OC1(c2ccccn2)CC1. The van der Waals surface area contributed by atoms with E-state index in [9.17, 15) is 0 Å². The van der Waals surface area contributed by atoms with Crippen LogP contribution in [0.4, 0.5) is 0 Å². The summed E-state index contributed by atoms with van der Waals surface area (Å²) >= 11 is 0. The van der Waals surface area contributed by atoms with Crippen molar-refractivity contribution < 1.29 is 18.9 Å². The first kappa shape index (κ1) is 55.0. The predicted octanol–water partition coefficient (Wildman–Crippen LogP) is 14.0. The Labute approximate surface area is 394 Å². The molecule has 65 heavy (non-hydrogen) atoms. The molecule has 2 fully saturated rings. The molecule has 5 aromatic rings. The van der Waals surface area contributed by atoms with Crippen LogP contribution in [0.5, 0.6) is 0 Å². The van der Waals surface area contributed by atoms with Gasteiger partial charge in [0.1, 0.15) is 11.2 Å². The number of rotatable bonds is 15. The maximum absolute atomic E-state index is 5.93. The summed E-state index contributed by atoms with van der Waals surface area (Å²) in [6.45, 7) is 33.4. The lowest BCUT2D eigenvalue weighted by Crippen LogP contribution is -2.41. The van der Waals surface area contributed by atoms with E-state index in [1.807, 2.05) is 101 Å². The minimum Gasteiger partial charge on any atom is -0.368 e. The van der Waals surface area contributed by atoms with Gasteiger partial charge < -0.3 is 24.3 Å². The molecule has 0 radical (unpaired) electrons. The Balaban J connectivity index is 0.000000216. The Bertz CT molecular complexity index is 1680. The largest absolute Gasteiger partial charge is 0.368 e. The lowest BCUT2D eigenvalue weighted by atomic mass is 9.98. The molecule has 2 saturated carbocycles. The van der Waals surface area contributed by atoms with Crippen molar-refractivity contribution in [3.63, 3.8) is 0 Å². The van der Waals surface area contributed by atoms with Crippen LogP contribution in [0.1, 0.15) is 165 Å². The summed E-state index contributed by atoms with van der Waals surface area (Å²) in [6.07, 6.45) is 11.1. The highest BCUT2D eigenvalue weighted by Crippen LogP contribution is 2.50. The Morgan fingerprint density at radius 3 is 1.26 bits per heavy atom. The van der Waals surface area contributed by atoms with Crippen molar-refractivity contribution in [3.8, 4) is 0 Å². The number of nitrogens with zero attached hydrogens (tertiary/aromatic N) is 3. The van der Waals surface area contributed by atoms with Crippen LogP contribution in [0, 0.1) is 0 Å². The first-order chi connectivity index (χ1) is 30.5. The molecule has 0 saturated heterocycles. The van der Waals surface area contributed by atoms with Gasteiger partial charge >= 0.3 is 0 Å². The number of aromatic nitrogens is 3. The standard InChI is InChI=1S/C12H16O.C12H18O.C11H18N2.C11H15NO.C11H17NO/c1-10(2)13-12(8-9-12)11-6-4-3-5-7-11;1-10(2)13-12(3,4)11-8-6-5-7-9-11;1-9(2)13-11(3,4)10-7-5-6-8-12-10;1-9(2)13-11(6-7-11)10-5-3-4-8-12-10;1-9(2)13-11(3,4)10-7-5-6-8-12-10/h3-7,10H,8-9H2,1-2H3;5-10H,1-4H3;5-9,13H,1-4H3;3-5,8-9H,6-7H2,1-2H3;5-9H,1-4H3. The quantitative estimate of drug-likeness (QED) is 0.111. The van der Waals surface area contributed by atoms with E-state index in [4.69, 9.17) is 18.9 Å². The smallest absolute Gasteiger partial charge is 0.111 e. The van der Waals surface area contributed by atoms with Crippen LogP contribution in [0.25, 0.3) is 0 Å². The summed E-state index contributed by atoms with van der Waals surface area (Å²) in [5.74, 6) is 0. The summed E-state index contributed by atoms with van der Waals surface area (Å²) in [5, 5.41) is 3.47. The van der Waals surface area contributed by atoms with Gasteiger partial charge in [0.05, 0.1) is 58.2 Å². The second-order valence-electron chi connectivity index (χ2n) is 20.0. The number of ether oxygens (including phenoxy) is 4. The number of benzene rings is 2. The van der Waals surface area contributed by atoms with Gasteiger partial charge in [-0.3, -0.25) is 15.0 Å². The fraction of sp³-hybridized carbons (Fsp3) is 0.526. The lowest BCUT2D eigenvalue weighted by Gasteiger charge is -2.28. The number of hydrogen-bond acceptors (Lipinski definition) is 8. The van der Waals surface area contributed by atoms with Crippen molar-refractivity contribution in [2.45, 2.75) is 195 Å². The Hall–Kier alpha value is -4.31. The van der Waals surface area contributed by atoms with E-state index in [-0.39, 0.29) is 46.3 Å². The average molecular weight is 889 g/mol. The first-order valence-corrected chi connectivity index (χ1v) is 23.9. The highest BCUT2D eigenvalue weighted by Gasteiger charge is 2.48. The summed E-state index contributed by atoms with van der Waals surface area (Å²) in [4.78, 5) is 13.0. The van der Waals surface area contributed by atoms with E-state index in [1.54, 1.807) is 6.20 Å². The Kier molecular flexibility index (Phi) is 21.6. The van der Waals surface area contributed by atoms with Crippen LogP contribution in [-0.2, 0) is 46.9 Å². The summed E-state index contributed by atoms with van der Waals surface area (Å²) < 4.78 is 23.4. The van der Waals surface area contributed by atoms with Gasteiger partial charge in [-0.2, -0.15) is 0 Å². The summed E-state index contributed by atoms with van der Waals surface area (Å²) in [7, 11) is 0. The van der Waals surface area contributed by atoms with Crippen molar-refractivity contribution in [3.05, 3.63) is 162 Å². The van der Waals surface area contributed by atoms with Crippen LogP contribution in [0.3, 0.4) is 0 Å². The highest BCUT2D eigenvalue weighted by molar-refractivity contribution is 5.28.